The molecule has 11 heteroatoms. The number of aliphatic hydroxyl groups is 2. The van der Waals surface area contributed by atoms with E-state index in [-0.39, 0.29) is 49.0 Å². The minimum absolute atomic E-state index is 0.00590. The number of carbonyl (C=O) groups is 2. The summed E-state index contributed by atoms with van der Waals surface area (Å²) in [5.41, 5.74) is 0.535. The number of nitrogens with zero attached hydrogens (tertiary/aromatic N) is 1. The standard InChI is InChI=1S/C16H21N3O7S/c1-26-16(23)13-10-19(7-9-21)15(22)14(13)18-11-2-4-12(5-3-11)27(24,25)17-6-8-20/h2-5,17-18,20-21H,6-10H2,1H3. The van der Waals surface area contributed by atoms with Crippen LogP contribution in [0, 0.1) is 0 Å². The third-order valence-electron chi connectivity index (χ3n) is 3.79. The summed E-state index contributed by atoms with van der Waals surface area (Å²) in [5.74, 6) is -1.13. The van der Waals surface area contributed by atoms with Gasteiger partial charge in [0.05, 0.1) is 37.3 Å². The van der Waals surface area contributed by atoms with E-state index in [1.54, 1.807) is 0 Å². The molecule has 0 saturated heterocycles. The van der Waals surface area contributed by atoms with Crippen LogP contribution < -0.4 is 10.0 Å². The van der Waals surface area contributed by atoms with Crippen molar-refractivity contribution in [2.45, 2.75) is 4.90 Å². The van der Waals surface area contributed by atoms with Crippen molar-refractivity contribution in [1.29, 1.82) is 0 Å². The Morgan fingerprint density at radius 1 is 1.22 bits per heavy atom. The number of benzene rings is 1. The van der Waals surface area contributed by atoms with Crippen LogP contribution in [0.2, 0.25) is 0 Å². The highest BCUT2D eigenvalue weighted by atomic mass is 32.2. The lowest BCUT2D eigenvalue weighted by Gasteiger charge is -2.15. The summed E-state index contributed by atoms with van der Waals surface area (Å²) in [5, 5.41) is 20.6. The molecular weight excluding hydrogens is 378 g/mol. The minimum atomic E-state index is -3.75. The van der Waals surface area contributed by atoms with E-state index in [2.05, 4.69) is 10.0 Å². The molecule has 1 amide bonds. The molecule has 0 atom stereocenters. The van der Waals surface area contributed by atoms with E-state index in [9.17, 15) is 18.0 Å². The Morgan fingerprint density at radius 3 is 2.44 bits per heavy atom. The number of sulfonamides is 1. The van der Waals surface area contributed by atoms with Gasteiger partial charge in [-0.25, -0.2) is 17.9 Å². The average molecular weight is 399 g/mol. The third-order valence-corrected chi connectivity index (χ3v) is 5.27. The smallest absolute Gasteiger partial charge is 0.337 e. The van der Waals surface area contributed by atoms with Crippen molar-refractivity contribution >= 4 is 27.6 Å². The number of aliphatic hydroxyl groups excluding tert-OH is 2. The first-order valence-corrected chi connectivity index (χ1v) is 9.51. The molecule has 1 aromatic rings. The average Bonchev–Trinajstić information content (AvgIpc) is 2.96. The van der Waals surface area contributed by atoms with Crippen molar-refractivity contribution in [3.05, 3.63) is 35.5 Å². The zero-order valence-electron chi connectivity index (χ0n) is 14.6. The fraction of sp³-hybridized carbons (Fsp3) is 0.375. The number of hydrogen-bond donors (Lipinski definition) is 4. The SMILES string of the molecule is COC(=O)C1=C(Nc2ccc(S(=O)(=O)NCCO)cc2)C(=O)N(CCO)C1. The zero-order valence-corrected chi connectivity index (χ0v) is 15.5. The molecule has 1 aromatic carbocycles. The van der Waals surface area contributed by atoms with Gasteiger partial charge in [0, 0.05) is 18.8 Å². The number of β-amino-alcohol motifs (C(OH)–C–C–N with tert-alkyl or cyclic N) is 1. The highest BCUT2D eigenvalue weighted by molar-refractivity contribution is 7.89. The van der Waals surface area contributed by atoms with Crippen molar-refractivity contribution in [3.8, 4) is 0 Å². The van der Waals surface area contributed by atoms with Gasteiger partial charge in [-0.1, -0.05) is 0 Å². The van der Waals surface area contributed by atoms with Gasteiger partial charge in [0.2, 0.25) is 10.0 Å². The van der Waals surface area contributed by atoms with Crippen LogP contribution in [-0.4, -0.2) is 75.4 Å². The molecule has 0 aromatic heterocycles. The Kier molecular flexibility index (Phi) is 6.91. The molecule has 27 heavy (non-hydrogen) atoms. The molecule has 0 radical (unpaired) electrons. The highest BCUT2D eigenvalue weighted by Crippen LogP contribution is 2.23. The largest absolute Gasteiger partial charge is 0.466 e. The van der Waals surface area contributed by atoms with Gasteiger partial charge >= 0.3 is 5.97 Å². The number of ether oxygens (including phenoxy) is 1. The van der Waals surface area contributed by atoms with E-state index in [0.717, 1.165) is 0 Å². The number of amides is 1. The van der Waals surface area contributed by atoms with Crippen molar-refractivity contribution in [2.75, 3.05) is 45.3 Å². The van der Waals surface area contributed by atoms with Crippen LogP contribution in [0.1, 0.15) is 0 Å². The number of esters is 1. The summed E-state index contributed by atoms with van der Waals surface area (Å²) in [7, 11) is -2.55. The lowest BCUT2D eigenvalue weighted by atomic mass is 10.2. The molecule has 2 rings (SSSR count). The van der Waals surface area contributed by atoms with Crippen molar-refractivity contribution in [3.63, 3.8) is 0 Å². The molecular formula is C16H21N3O7S. The van der Waals surface area contributed by atoms with E-state index in [0.29, 0.717) is 5.69 Å². The normalized spacial score (nSPS) is 14.6. The maximum absolute atomic E-state index is 12.4. The van der Waals surface area contributed by atoms with Crippen LogP contribution in [0.25, 0.3) is 0 Å². The van der Waals surface area contributed by atoms with Crippen LogP contribution in [0.5, 0.6) is 0 Å². The van der Waals surface area contributed by atoms with Crippen molar-refractivity contribution in [2.24, 2.45) is 0 Å². The second kappa shape index (κ2) is 8.95. The van der Waals surface area contributed by atoms with E-state index in [1.165, 1.54) is 36.3 Å². The number of methoxy groups -OCH3 is 1. The topological polar surface area (TPSA) is 145 Å². The summed E-state index contributed by atoms with van der Waals surface area (Å²) in [6.45, 7) is -0.603. The first kappa shape index (κ1) is 20.8. The molecule has 148 valence electrons. The Hall–Kier alpha value is -2.47. The Labute approximate surface area is 156 Å². The number of rotatable bonds is 9. The Balaban J connectivity index is 2.23. The van der Waals surface area contributed by atoms with Crippen molar-refractivity contribution < 1.29 is 33.0 Å². The highest BCUT2D eigenvalue weighted by Gasteiger charge is 2.34. The van der Waals surface area contributed by atoms with Gasteiger partial charge in [0.1, 0.15) is 5.70 Å². The van der Waals surface area contributed by atoms with Crippen molar-refractivity contribution in [1.82, 2.24) is 9.62 Å². The monoisotopic (exact) mass is 399 g/mol. The van der Waals surface area contributed by atoms with Crippen LogP contribution in [0.15, 0.2) is 40.4 Å². The van der Waals surface area contributed by atoms with Gasteiger partial charge in [-0.15, -0.1) is 0 Å². The van der Waals surface area contributed by atoms with Gasteiger partial charge in [0.25, 0.3) is 5.91 Å². The van der Waals surface area contributed by atoms with Crippen LogP contribution in [0.3, 0.4) is 0 Å². The molecule has 1 aliphatic rings. The zero-order chi connectivity index (χ0) is 20.0. The fourth-order valence-corrected chi connectivity index (χ4v) is 3.50. The molecule has 10 nitrogen and oxygen atoms in total. The third kappa shape index (κ3) is 4.83. The first-order chi connectivity index (χ1) is 12.8. The predicted molar refractivity (Wildman–Crippen MR) is 95.0 cm³/mol. The van der Waals surface area contributed by atoms with Gasteiger partial charge < -0.3 is 25.2 Å². The number of hydrogen-bond acceptors (Lipinski definition) is 8. The molecule has 0 unspecified atom stereocenters. The fourth-order valence-electron chi connectivity index (χ4n) is 2.47. The van der Waals surface area contributed by atoms with Gasteiger partial charge in [-0.05, 0) is 24.3 Å². The van der Waals surface area contributed by atoms with Gasteiger partial charge in [0.15, 0.2) is 0 Å². The molecule has 1 heterocycles. The Morgan fingerprint density at radius 2 is 1.89 bits per heavy atom. The number of carbonyl (C=O) groups excluding carboxylic acids is 2. The number of nitrogens with one attached hydrogen (secondary N) is 2. The molecule has 0 fully saturated rings. The van der Waals surface area contributed by atoms with Gasteiger partial charge in [-0.3, -0.25) is 4.79 Å². The Bertz CT molecular complexity index is 834. The first-order valence-electron chi connectivity index (χ1n) is 8.03. The van der Waals surface area contributed by atoms with Gasteiger partial charge in [-0.2, -0.15) is 0 Å². The second-order valence-electron chi connectivity index (χ2n) is 5.57. The maximum Gasteiger partial charge on any atom is 0.337 e. The van der Waals surface area contributed by atoms with E-state index >= 15 is 0 Å². The van der Waals surface area contributed by atoms with Crippen LogP contribution in [-0.2, 0) is 24.3 Å². The summed E-state index contributed by atoms with van der Waals surface area (Å²) < 4.78 is 30.9. The molecule has 0 saturated carbocycles. The number of anilines is 1. The summed E-state index contributed by atoms with van der Waals surface area (Å²) in [4.78, 5) is 25.6. The quantitative estimate of drug-likeness (QED) is 0.372. The molecule has 1 aliphatic heterocycles. The lowest BCUT2D eigenvalue weighted by Crippen LogP contribution is -2.31. The summed E-state index contributed by atoms with van der Waals surface area (Å²) in [6, 6.07) is 5.53. The van der Waals surface area contributed by atoms with Crippen LogP contribution >= 0.6 is 0 Å². The summed E-state index contributed by atoms with van der Waals surface area (Å²) >= 11 is 0. The molecule has 0 spiro atoms. The van der Waals surface area contributed by atoms with Crippen LogP contribution in [0.4, 0.5) is 5.69 Å². The van der Waals surface area contributed by atoms with E-state index in [4.69, 9.17) is 14.9 Å². The summed E-state index contributed by atoms with van der Waals surface area (Å²) in [6.07, 6.45) is 0. The van der Waals surface area contributed by atoms with E-state index < -0.39 is 21.9 Å². The van der Waals surface area contributed by atoms with E-state index in [1.807, 2.05) is 0 Å². The second-order valence-corrected chi connectivity index (χ2v) is 7.33. The predicted octanol–water partition coefficient (Wildman–Crippen LogP) is -1.37. The molecule has 4 N–H and O–H groups in total. The lowest BCUT2D eigenvalue weighted by molar-refractivity contribution is -0.136. The molecule has 0 aliphatic carbocycles. The molecule has 0 bridgehead atoms. The maximum atomic E-state index is 12.4. The minimum Gasteiger partial charge on any atom is -0.466 e.